The van der Waals surface area contributed by atoms with Gasteiger partial charge in [0.1, 0.15) is 6.04 Å². The smallest absolute Gasteiger partial charge is 0.207 e. The van der Waals surface area contributed by atoms with Gasteiger partial charge in [-0.3, -0.25) is 0 Å². The summed E-state index contributed by atoms with van der Waals surface area (Å²) in [7, 11) is -4.26. The molecule has 0 amide bonds. The minimum absolute atomic E-state index is 0.0949. The van der Waals surface area contributed by atoms with Gasteiger partial charge in [-0.15, -0.1) is 0 Å². The minimum Gasteiger partial charge on any atom is -0.207 e. The number of alkyl halides is 3. The van der Waals surface area contributed by atoms with Crippen molar-refractivity contribution in [2.24, 2.45) is 0 Å². The van der Waals surface area contributed by atoms with Gasteiger partial charge in [-0.1, -0.05) is 11.6 Å². The molecule has 0 radical (unpaired) electrons. The van der Waals surface area contributed by atoms with Crippen LogP contribution in [0, 0.1) is 0 Å². The normalized spacial score (nSPS) is 14.6. The van der Waals surface area contributed by atoms with Crippen LogP contribution in [0.1, 0.15) is 6.92 Å². The van der Waals surface area contributed by atoms with E-state index in [9.17, 15) is 21.6 Å². The quantitative estimate of drug-likeness (QED) is 0.892. The highest BCUT2D eigenvalue weighted by molar-refractivity contribution is 9.10. The summed E-state index contributed by atoms with van der Waals surface area (Å²) in [4.78, 5) is -0.327. The molecule has 18 heavy (non-hydrogen) atoms. The Morgan fingerprint density at radius 2 is 1.94 bits per heavy atom. The van der Waals surface area contributed by atoms with Crippen LogP contribution in [0.25, 0.3) is 0 Å². The Labute approximate surface area is 116 Å². The molecule has 1 N–H and O–H groups in total. The van der Waals surface area contributed by atoms with Crippen LogP contribution >= 0.6 is 27.5 Å². The molecule has 0 aliphatic rings. The standard InChI is InChI=1S/C9H8BrClF3NO2S/c1-5(9(12,13)14)15-18(16,17)6-2-3-7(10)8(11)4-6/h2-5,15H,1H3. The highest BCUT2D eigenvalue weighted by Gasteiger charge is 2.38. The molecule has 1 rings (SSSR count). The molecule has 1 aromatic rings. The van der Waals surface area contributed by atoms with Crippen LogP contribution in [-0.2, 0) is 10.0 Å². The maximum atomic E-state index is 12.3. The van der Waals surface area contributed by atoms with E-state index in [0.717, 1.165) is 19.1 Å². The lowest BCUT2D eigenvalue weighted by Crippen LogP contribution is -2.42. The van der Waals surface area contributed by atoms with Crippen LogP contribution < -0.4 is 4.72 Å². The van der Waals surface area contributed by atoms with Gasteiger partial charge in [0.05, 0.1) is 9.92 Å². The molecule has 102 valence electrons. The highest BCUT2D eigenvalue weighted by atomic mass is 79.9. The number of benzene rings is 1. The summed E-state index contributed by atoms with van der Waals surface area (Å²) >= 11 is 8.74. The van der Waals surface area contributed by atoms with Gasteiger partial charge in [-0.05, 0) is 41.1 Å². The maximum absolute atomic E-state index is 12.3. The van der Waals surface area contributed by atoms with Crippen molar-refractivity contribution in [2.75, 3.05) is 0 Å². The topological polar surface area (TPSA) is 46.2 Å². The third-order valence-corrected chi connectivity index (χ3v) is 4.80. The van der Waals surface area contributed by atoms with Gasteiger partial charge in [-0.25, -0.2) is 8.42 Å². The first-order chi connectivity index (χ1) is 8.04. The van der Waals surface area contributed by atoms with E-state index in [0.29, 0.717) is 4.47 Å². The fourth-order valence-electron chi connectivity index (χ4n) is 1.01. The summed E-state index contributed by atoms with van der Waals surface area (Å²) in [6, 6.07) is 1.39. The first-order valence-electron chi connectivity index (χ1n) is 4.58. The van der Waals surface area contributed by atoms with Gasteiger partial charge in [0.2, 0.25) is 10.0 Å². The monoisotopic (exact) mass is 365 g/mol. The zero-order chi connectivity index (χ0) is 14.1. The van der Waals surface area contributed by atoms with Crippen LogP contribution in [0.4, 0.5) is 13.2 Å². The lowest BCUT2D eigenvalue weighted by atomic mass is 10.4. The van der Waals surface area contributed by atoms with E-state index in [-0.39, 0.29) is 9.92 Å². The summed E-state index contributed by atoms with van der Waals surface area (Å²) < 4.78 is 62.2. The third-order valence-electron chi connectivity index (χ3n) is 2.02. The van der Waals surface area contributed by atoms with Gasteiger partial charge >= 0.3 is 6.18 Å². The number of rotatable bonds is 3. The van der Waals surface area contributed by atoms with Crippen LogP contribution in [0.5, 0.6) is 0 Å². The van der Waals surface area contributed by atoms with Crippen LogP contribution in [0.3, 0.4) is 0 Å². The molecule has 1 atom stereocenters. The van der Waals surface area contributed by atoms with E-state index in [2.05, 4.69) is 15.9 Å². The van der Waals surface area contributed by atoms with Gasteiger partial charge in [0, 0.05) is 4.47 Å². The Morgan fingerprint density at radius 1 is 1.39 bits per heavy atom. The number of nitrogens with one attached hydrogen (secondary N) is 1. The molecule has 0 heterocycles. The number of hydrogen-bond acceptors (Lipinski definition) is 2. The van der Waals surface area contributed by atoms with Crippen molar-refractivity contribution in [3.8, 4) is 0 Å². The van der Waals surface area contributed by atoms with Crippen molar-refractivity contribution in [3.63, 3.8) is 0 Å². The lowest BCUT2D eigenvalue weighted by Gasteiger charge is -2.17. The van der Waals surface area contributed by atoms with Crippen molar-refractivity contribution >= 4 is 37.6 Å². The largest absolute Gasteiger partial charge is 0.404 e. The summed E-state index contributed by atoms with van der Waals surface area (Å²) in [5.74, 6) is 0. The molecule has 9 heteroatoms. The molecule has 0 aliphatic heterocycles. The molecular formula is C9H8BrClF3NO2S. The van der Waals surface area contributed by atoms with E-state index in [1.807, 2.05) is 0 Å². The molecule has 0 saturated heterocycles. The average Bonchev–Trinajstić information content (AvgIpc) is 2.19. The van der Waals surface area contributed by atoms with E-state index >= 15 is 0 Å². The molecule has 3 nitrogen and oxygen atoms in total. The molecule has 0 saturated carbocycles. The van der Waals surface area contributed by atoms with E-state index in [4.69, 9.17) is 11.6 Å². The minimum atomic E-state index is -4.65. The van der Waals surface area contributed by atoms with Gasteiger partial charge in [0.25, 0.3) is 0 Å². The first kappa shape index (κ1) is 15.7. The van der Waals surface area contributed by atoms with Crippen molar-refractivity contribution in [1.29, 1.82) is 0 Å². The zero-order valence-corrected chi connectivity index (χ0v) is 12.1. The lowest BCUT2D eigenvalue weighted by molar-refractivity contribution is -0.147. The maximum Gasteiger partial charge on any atom is 0.404 e. The Kier molecular flexibility index (Phi) is 4.69. The van der Waals surface area contributed by atoms with E-state index in [1.54, 1.807) is 0 Å². The molecule has 0 spiro atoms. The van der Waals surface area contributed by atoms with Crippen molar-refractivity contribution < 1.29 is 21.6 Å². The Hall–Kier alpha value is -0.310. The predicted octanol–water partition coefficient (Wildman–Crippen LogP) is 3.33. The van der Waals surface area contributed by atoms with Crippen LogP contribution in [0.2, 0.25) is 5.02 Å². The molecule has 0 aromatic heterocycles. The van der Waals surface area contributed by atoms with Crippen molar-refractivity contribution in [3.05, 3.63) is 27.7 Å². The molecule has 0 fully saturated rings. The number of hydrogen-bond donors (Lipinski definition) is 1. The zero-order valence-electron chi connectivity index (χ0n) is 8.92. The van der Waals surface area contributed by atoms with Crippen molar-refractivity contribution in [1.82, 2.24) is 4.72 Å². The SMILES string of the molecule is CC(NS(=O)(=O)c1ccc(Br)c(Cl)c1)C(F)(F)F. The van der Waals surface area contributed by atoms with Crippen LogP contribution in [0.15, 0.2) is 27.6 Å². The average molecular weight is 367 g/mol. The second-order valence-corrected chi connectivity index (χ2v) is 6.44. The van der Waals surface area contributed by atoms with Crippen molar-refractivity contribution in [2.45, 2.75) is 24.0 Å². The molecular weight excluding hydrogens is 359 g/mol. The molecule has 0 aliphatic carbocycles. The highest BCUT2D eigenvalue weighted by Crippen LogP contribution is 2.26. The fraction of sp³-hybridized carbons (Fsp3) is 0.333. The molecule has 1 unspecified atom stereocenters. The number of halogens is 5. The summed E-state index contributed by atoms with van der Waals surface area (Å²) in [6.07, 6.45) is -4.65. The van der Waals surface area contributed by atoms with E-state index < -0.39 is 22.2 Å². The Balaban J connectivity index is 3.04. The summed E-state index contributed by atoms with van der Waals surface area (Å²) in [5.41, 5.74) is 0. The Morgan fingerprint density at radius 3 is 2.39 bits per heavy atom. The second kappa shape index (κ2) is 5.36. The second-order valence-electron chi connectivity index (χ2n) is 3.46. The molecule has 0 bridgehead atoms. The number of sulfonamides is 1. The predicted molar refractivity (Wildman–Crippen MR) is 65.0 cm³/mol. The van der Waals surface area contributed by atoms with Crippen LogP contribution in [-0.4, -0.2) is 20.6 Å². The van der Waals surface area contributed by atoms with E-state index in [1.165, 1.54) is 10.8 Å². The van der Waals surface area contributed by atoms with Gasteiger partial charge in [0.15, 0.2) is 0 Å². The third kappa shape index (κ3) is 3.84. The van der Waals surface area contributed by atoms with Gasteiger partial charge < -0.3 is 0 Å². The Bertz CT molecular complexity index is 547. The first-order valence-corrected chi connectivity index (χ1v) is 7.23. The fourth-order valence-corrected chi connectivity index (χ4v) is 2.76. The molecule has 1 aromatic carbocycles. The van der Waals surface area contributed by atoms with Gasteiger partial charge in [-0.2, -0.15) is 17.9 Å². The summed E-state index contributed by atoms with van der Waals surface area (Å²) in [5, 5.41) is 0.0949. The summed E-state index contributed by atoms with van der Waals surface area (Å²) in [6.45, 7) is 0.720.